The molecule has 0 aromatic heterocycles. The summed E-state index contributed by atoms with van der Waals surface area (Å²) in [5.74, 6) is -0.627. The minimum absolute atomic E-state index is 0.0980. The standard InChI is InChI=1S/C43H84O9/c1-4-6-8-10-12-14-16-18-20-22-24-26-28-30-32-48-35-38(36-50-43-42(51-37(3)45)41(47)40(46)39(34-44)52-43)49-33-31-29-27-25-23-21-19-17-15-13-11-9-7-5-2/h38-44,46-47H,4-36H2,1-3H3/t38?,39-,40-,41+,42-,43-/m1/s1. The van der Waals surface area contributed by atoms with Crippen molar-refractivity contribution in [3.8, 4) is 0 Å². The normalized spacial score (nSPS) is 21.1. The van der Waals surface area contributed by atoms with Gasteiger partial charge in [-0.25, -0.2) is 0 Å². The first kappa shape index (κ1) is 49.2. The van der Waals surface area contributed by atoms with Crippen LogP contribution in [0.25, 0.3) is 0 Å². The number of carbonyl (C=O) groups is 1. The highest BCUT2D eigenvalue weighted by Crippen LogP contribution is 2.25. The van der Waals surface area contributed by atoms with Crippen molar-refractivity contribution in [1.82, 2.24) is 0 Å². The number of esters is 1. The van der Waals surface area contributed by atoms with Crippen LogP contribution in [-0.4, -0.2) is 91.1 Å². The van der Waals surface area contributed by atoms with Crippen LogP contribution in [0.4, 0.5) is 0 Å². The Labute approximate surface area is 319 Å². The van der Waals surface area contributed by atoms with Gasteiger partial charge in [0.15, 0.2) is 12.4 Å². The van der Waals surface area contributed by atoms with Gasteiger partial charge in [0, 0.05) is 20.1 Å². The molecular weight excluding hydrogens is 660 g/mol. The van der Waals surface area contributed by atoms with Crippen molar-refractivity contribution in [2.45, 2.75) is 237 Å². The second-order valence-corrected chi connectivity index (χ2v) is 15.4. The zero-order chi connectivity index (χ0) is 37.9. The Morgan fingerprint density at radius 3 is 1.38 bits per heavy atom. The Balaban J connectivity index is 2.34. The average Bonchev–Trinajstić information content (AvgIpc) is 3.14. The predicted molar refractivity (Wildman–Crippen MR) is 210 cm³/mol. The SMILES string of the molecule is CCCCCCCCCCCCCCCCOCC(CO[C@@H]1O[C@H](CO)[C@@H](O)[C@H](O)[C@H]1OC(C)=O)OCCCCCCCCCCCCCCCC. The lowest BCUT2D eigenvalue weighted by molar-refractivity contribution is -0.308. The van der Waals surface area contributed by atoms with E-state index in [-0.39, 0.29) is 12.7 Å². The first-order valence-corrected chi connectivity index (χ1v) is 22.0. The third kappa shape index (κ3) is 26.9. The van der Waals surface area contributed by atoms with Gasteiger partial charge in [0.25, 0.3) is 0 Å². The second-order valence-electron chi connectivity index (χ2n) is 15.4. The Morgan fingerprint density at radius 2 is 0.981 bits per heavy atom. The third-order valence-electron chi connectivity index (χ3n) is 10.4. The Bertz CT molecular complexity index is 769. The van der Waals surface area contributed by atoms with Crippen LogP contribution in [0.15, 0.2) is 0 Å². The molecular formula is C43H84O9. The molecule has 1 heterocycles. The Kier molecular flexibility index (Phi) is 33.9. The van der Waals surface area contributed by atoms with Crippen molar-refractivity contribution >= 4 is 5.97 Å². The summed E-state index contributed by atoms with van der Waals surface area (Å²) in [7, 11) is 0. The average molecular weight is 745 g/mol. The quantitative estimate of drug-likeness (QED) is 0.0419. The summed E-state index contributed by atoms with van der Waals surface area (Å²) in [6.45, 7) is 6.96. The molecule has 0 aromatic rings. The number of ether oxygens (including phenoxy) is 5. The van der Waals surface area contributed by atoms with Crippen molar-refractivity contribution in [1.29, 1.82) is 0 Å². The molecule has 1 fully saturated rings. The molecule has 1 aliphatic heterocycles. The maximum atomic E-state index is 11.7. The number of unbranched alkanes of at least 4 members (excludes halogenated alkanes) is 26. The van der Waals surface area contributed by atoms with Crippen LogP contribution >= 0.6 is 0 Å². The molecule has 0 saturated carbocycles. The van der Waals surface area contributed by atoms with E-state index in [4.69, 9.17) is 23.7 Å². The maximum Gasteiger partial charge on any atom is 0.303 e. The molecule has 9 nitrogen and oxygen atoms in total. The molecule has 1 saturated heterocycles. The molecule has 1 unspecified atom stereocenters. The van der Waals surface area contributed by atoms with Crippen molar-refractivity contribution in [2.24, 2.45) is 0 Å². The molecule has 0 aromatic carbocycles. The lowest BCUT2D eigenvalue weighted by Gasteiger charge is -2.41. The molecule has 52 heavy (non-hydrogen) atoms. The number of hydrogen-bond donors (Lipinski definition) is 3. The van der Waals surface area contributed by atoms with Crippen LogP contribution in [0.1, 0.15) is 201 Å². The van der Waals surface area contributed by atoms with Gasteiger partial charge in [-0.1, -0.05) is 181 Å². The summed E-state index contributed by atoms with van der Waals surface area (Å²) >= 11 is 0. The molecule has 3 N–H and O–H groups in total. The van der Waals surface area contributed by atoms with Gasteiger partial charge in [-0.2, -0.15) is 0 Å². The number of carbonyl (C=O) groups excluding carboxylic acids is 1. The Morgan fingerprint density at radius 1 is 0.577 bits per heavy atom. The summed E-state index contributed by atoms with van der Waals surface area (Å²) in [5, 5.41) is 30.5. The first-order chi connectivity index (χ1) is 25.4. The van der Waals surface area contributed by atoms with Crippen LogP contribution in [0.5, 0.6) is 0 Å². The van der Waals surface area contributed by atoms with Gasteiger partial charge in [0.2, 0.25) is 0 Å². The zero-order valence-electron chi connectivity index (χ0n) is 34.1. The van der Waals surface area contributed by atoms with Gasteiger partial charge in [0.05, 0.1) is 19.8 Å². The summed E-state index contributed by atoms with van der Waals surface area (Å²) < 4.78 is 29.1. The topological polar surface area (TPSA) is 124 Å². The molecule has 0 bridgehead atoms. The van der Waals surface area contributed by atoms with Crippen LogP contribution in [-0.2, 0) is 28.5 Å². The van der Waals surface area contributed by atoms with E-state index in [0.29, 0.717) is 19.8 Å². The fourth-order valence-electron chi connectivity index (χ4n) is 7.01. The lowest BCUT2D eigenvalue weighted by Crippen LogP contribution is -2.60. The van der Waals surface area contributed by atoms with E-state index in [1.165, 1.54) is 161 Å². The lowest BCUT2D eigenvalue weighted by atomic mass is 9.99. The fourth-order valence-corrected chi connectivity index (χ4v) is 7.01. The fraction of sp³-hybridized carbons (Fsp3) is 0.977. The molecule has 0 aliphatic carbocycles. The van der Waals surface area contributed by atoms with E-state index in [2.05, 4.69) is 13.8 Å². The first-order valence-electron chi connectivity index (χ1n) is 22.0. The summed E-state index contributed by atoms with van der Waals surface area (Å²) in [4.78, 5) is 11.7. The summed E-state index contributed by atoms with van der Waals surface area (Å²) in [6, 6.07) is 0. The minimum Gasteiger partial charge on any atom is -0.454 e. The second kappa shape index (κ2) is 35.9. The summed E-state index contributed by atoms with van der Waals surface area (Å²) in [5.41, 5.74) is 0. The van der Waals surface area contributed by atoms with E-state index >= 15 is 0 Å². The molecule has 0 spiro atoms. The monoisotopic (exact) mass is 745 g/mol. The third-order valence-corrected chi connectivity index (χ3v) is 10.4. The smallest absolute Gasteiger partial charge is 0.303 e. The van der Waals surface area contributed by atoms with Crippen LogP contribution in [0, 0.1) is 0 Å². The van der Waals surface area contributed by atoms with E-state index in [0.717, 1.165) is 25.7 Å². The Hall–Kier alpha value is -0.810. The van der Waals surface area contributed by atoms with E-state index in [1.807, 2.05) is 0 Å². The predicted octanol–water partition coefficient (Wildman–Crippen LogP) is 9.74. The van der Waals surface area contributed by atoms with Crippen LogP contribution < -0.4 is 0 Å². The van der Waals surface area contributed by atoms with Gasteiger partial charge >= 0.3 is 5.97 Å². The van der Waals surface area contributed by atoms with Gasteiger partial charge < -0.3 is 39.0 Å². The van der Waals surface area contributed by atoms with Crippen LogP contribution in [0.3, 0.4) is 0 Å². The molecule has 0 amide bonds. The van der Waals surface area contributed by atoms with E-state index in [1.54, 1.807) is 0 Å². The molecule has 1 aliphatic rings. The number of aliphatic hydroxyl groups excluding tert-OH is 3. The van der Waals surface area contributed by atoms with Crippen molar-refractivity contribution in [2.75, 3.05) is 33.0 Å². The van der Waals surface area contributed by atoms with Crippen molar-refractivity contribution < 1.29 is 43.8 Å². The maximum absolute atomic E-state index is 11.7. The highest BCUT2D eigenvalue weighted by Gasteiger charge is 2.47. The van der Waals surface area contributed by atoms with Gasteiger partial charge in [-0.15, -0.1) is 0 Å². The van der Waals surface area contributed by atoms with Crippen LogP contribution in [0.2, 0.25) is 0 Å². The van der Waals surface area contributed by atoms with Crippen molar-refractivity contribution in [3.05, 3.63) is 0 Å². The van der Waals surface area contributed by atoms with Gasteiger partial charge in [0.1, 0.15) is 24.4 Å². The highest BCUT2D eigenvalue weighted by molar-refractivity contribution is 5.66. The zero-order valence-corrected chi connectivity index (χ0v) is 34.1. The molecule has 1 rings (SSSR count). The number of aliphatic hydroxyl groups is 3. The van der Waals surface area contributed by atoms with Crippen molar-refractivity contribution in [3.63, 3.8) is 0 Å². The molecule has 6 atom stereocenters. The summed E-state index contributed by atoms with van der Waals surface area (Å²) in [6.07, 6.45) is 29.9. The molecule has 9 heteroatoms. The highest BCUT2D eigenvalue weighted by atomic mass is 16.7. The van der Waals surface area contributed by atoms with Gasteiger partial charge in [-0.05, 0) is 12.8 Å². The van der Waals surface area contributed by atoms with Gasteiger partial charge in [-0.3, -0.25) is 4.79 Å². The number of hydrogen-bond acceptors (Lipinski definition) is 9. The minimum atomic E-state index is -1.45. The molecule has 0 radical (unpaired) electrons. The van der Waals surface area contributed by atoms with E-state index < -0.39 is 43.3 Å². The number of rotatable bonds is 38. The molecule has 310 valence electrons. The van der Waals surface area contributed by atoms with E-state index in [9.17, 15) is 20.1 Å². The largest absolute Gasteiger partial charge is 0.454 e.